The summed E-state index contributed by atoms with van der Waals surface area (Å²) in [6, 6.07) is 9.28. The van der Waals surface area contributed by atoms with Crippen molar-refractivity contribution < 1.29 is 32.2 Å². The number of rotatable bonds is 8. The van der Waals surface area contributed by atoms with E-state index in [1.165, 1.54) is 42.5 Å². The molecule has 14 heteroatoms. The van der Waals surface area contributed by atoms with E-state index in [1.807, 2.05) is 4.90 Å². The number of carbonyl (C=O) groups is 1. The number of sulfonamides is 1. The van der Waals surface area contributed by atoms with Gasteiger partial charge < -0.3 is 24.4 Å². The Labute approximate surface area is 237 Å². The number of anilines is 2. The standard InChI is InChI=1S/C27H31FN6O6S/c1-39-26-25(16-21(17-30-26)33-10-12-40-13-11-33)41(37,38)31-20-4-5-29-24(15-20)22-3-2-19(14-23(22)28)18-32-6-8-34(9-7-32)27(35)36/h2-5,14-17H,6-13,18H2,1H3,(H,29,31)(H,35,36). The van der Waals surface area contributed by atoms with Crippen LogP contribution in [0.1, 0.15) is 5.56 Å². The molecule has 0 atom stereocenters. The summed E-state index contributed by atoms with van der Waals surface area (Å²) in [5.41, 5.74) is 2.06. The molecule has 12 nitrogen and oxygen atoms in total. The van der Waals surface area contributed by atoms with E-state index >= 15 is 4.39 Å². The maximum atomic E-state index is 15.2. The molecule has 2 aliphatic heterocycles. The first kappa shape index (κ1) is 28.5. The lowest BCUT2D eigenvalue weighted by molar-refractivity contribution is 0.103. The first-order valence-corrected chi connectivity index (χ1v) is 14.6. The van der Waals surface area contributed by atoms with Crippen molar-refractivity contribution in [2.24, 2.45) is 0 Å². The van der Waals surface area contributed by atoms with Crippen molar-refractivity contribution in [2.75, 3.05) is 69.2 Å². The minimum absolute atomic E-state index is 0.0465. The van der Waals surface area contributed by atoms with Crippen molar-refractivity contribution in [2.45, 2.75) is 11.4 Å². The number of aromatic nitrogens is 2. The summed E-state index contributed by atoms with van der Waals surface area (Å²) in [5, 5.41) is 9.11. The highest BCUT2D eigenvalue weighted by Gasteiger charge is 2.25. The van der Waals surface area contributed by atoms with Crippen LogP contribution >= 0.6 is 0 Å². The zero-order chi connectivity index (χ0) is 29.0. The molecule has 0 aliphatic carbocycles. The maximum Gasteiger partial charge on any atom is 0.407 e. The van der Waals surface area contributed by atoms with Crippen LogP contribution in [0.2, 0.25) is 0 Å². The predicted octanol–water partition coefficient (Wildman–Crippen LogP) is 2.72. The van der Waals surface area contributed by atoms with Crippen LogP contribution in [0.3, 0.4) is 0 Å². The highest BCUT2D eigenvalue weighted by molar-refractivity contribution is 7.92. The fraction of sp³-hybridized carbons (Fsp3) is 0.370. The molecule has 2 N–H and O–H groups in total. The molecule has 0 bridgehead atoms. The van der Waals surface area contributed by atoms with E-state index in [-0.39, 0.29) is 27.7 Å². The quantitative estimate of drug-likeness (QED) is 0.405. The van der Waals surface area contributed by atoms with Gasteiger partial charge in [0.25, 0.3) is 10.0 Å². The number of carboxylic acid groups (broad SMARTS) is 1. The number of amides is 1. The molecule has 0 unspecified atom stereocenters. The molecule has 2 aliphatic rings. The average Bonchev–Trinajstić information content (AvgIpc) is 2.97. The number of halogens is 1. The van der Waals surface area contributed by atoms with Crippen LogP contribution in [-0.2, 0) is 21.3 Å². The van der Waals surface area contributed by atoms with Crippen molar-refractivity contribution in [3.8, 4) is 17.1 Å². The molecule has 4 heterocycles. The Morgan fingerprint density at radius 1 is 1.07 bits per heavy atom. The van der Waals surface area contributed by atoms with Gasteiger partial charge in [-0.3, -0.25) is 14.6 Å². The van der Waals surface area contributed by atoms with E-state index in [2.05, 4.69) is 19.6 Å². The fourth-order valence-corrected chi connectivity index (χ4v) is 6.02. The summed E-state index contributed by atoms with van der Waals surface area (Å²) < 4.78 is 55.2. The highest BCUT2D eigenvalue weighted by atomic mass is 32.2. The number of hydrogen-bond donors (Lipinski definition) is 2. The number of pyridine rings is 2. The molecule has 2 saturated heterocycles. The molecular formula is C27H31FN6O6S. The Hall–Kier alpha value is -4.01. The van der Waals surface area contributed by atoms with Gasteiger partial charge in [0.1, 0.15) is 5.82 Å². The van der Waals surface area contributed by atoms with E-state index in [0.717, 1.165) is 5.56 Å². The number of piperazine rings is 1. The van der Waals surface area contributed by atoms with Gasteiger partial charge in [0.2, 0.25) is 5.88 Å². The number of nitrogens with zero attached hydrogens (tertiary/aromatic N) is 5. The lowest BCUT2D eigenvalue weighted by Gasteiger charge is -2.33. The normalized spacial score (nSPS) is 16.4. The van der Waals surface area contributed by atoms with Gasteiger partial charge in [-0.1, -0.05) is 6.07 Å². The minimum Gasteiger partial charge on any atom is -0.480 e. The monoisotopic (exact) mass is 586 g/mol. The molecule has 41 heavy (non-hydrogen) atoms. The smallest absolute Gasteiger partial charge is 0.407 e. The van der Waals surface area contributed by atoms with Gasteiger partial charge in [-0.2, -0.15) is 0 Å². The molecule has 0 radical (unpaired) electrons. The third-order valence-corrected chi connectivity index (χ3v) is 8.41. The summed E-state index contributed by atoms with van der Waals surface area (Å²) in [5.74, 6) is -0.543. The minimum atomic E-state index is -4.12. The van der Waals surface area contributed by atoms with Crippen molar-refractivity contribution in [1.82, 2.24) is 19.8 Å². The number of hydrogen-bond acceptors (Lipinski definition) is 9. The van der Waals surface area contributed by atoms with E-state index in [9.17, 15) is 13.2 Å². The molecule has 218 valence electrons. The molecule has 0 saturated carbocycles. The SMILES string of the molecule is COc1ncc(N2CCOCC2)cc1S(=O)(=O)Nc1ccnc(-c2ccc(CN3CCN(C(=O)O)CC3)cc2F)c1. The fourth-order valence-electron chi connectivity index (χ4n) is 4.83. The van der Waals surface area contributed by atoms with Gasteiger partial charge in [0.05, 0.1) is 43.6 Å². The van der Waals surface area contributed by atoms with Crippen molar-refractivity contribution in [3.63, 3.8) is 0 Å². The number of morpholine rings is 1. The molecular weight excluding hydrogens is 555 g/mol. The van der Waals surface area contributed by atoms with E-state index in [0.29, 0.717) is 64.7 Å². The van der Waals surface area contributed by atoms with Gasteiger partial charge >= 0.3 is 6.09 Å². The summed E-state index contributed by atoms with van der Waals surface area (Å²) in [7, 11) is -2.77. The largest absolute Gasteiger partial charge is 0.480 e. The highest BCUT2D eigenvalue weighted by Crippen LogP contribution is 2.30. The maximum absolute atomic E-state index is 15.2. The topological polar surface area (TPSA) is 137 Å². The molecule has 2 aromatic heterocycles. The summed E-state index contributed by atoms with van der Waals surface area (Å²) in [6.07, 6.45) is 2.03. The molecule has 1 amide bonds. The van der Waals surface area contributed by atoms with Crippen LogP contribution in [0.5, 0.6) is 5.88 Å². The molecule has 3 aromatic rings. The van der Waals surface area contributed by atoms with Gasteiger partial charge in [-0.15, -0.1) is 0 Å². The number of nitrogens with one attached hydrogen (secondary N) is 1. The Kier molecular flexibility index (Phi) is 8.52. The Morgan fingerprint density at radius 3 is 2.51 bits per heavy atom. The van der Waals surface area contributed by atoms with Crippen LogP contribution in [0, 0.1) is 5.82 Å². The van der Waals surface area contributed by atoms with Crippen molar-refractivity contribution in [1.29, 1.82) is 0 Å². The van der Waals surface area contributed by atoms with Crippen molar-refractivity contribution in [3.05, 3.63) is 60.2 Å². The Bertz CT molecular complexity index is 1510. The third-order valence-electron chi connectivity index (χ3n) is 7.03. The van der Waals surface area contributed by atoms with Gasteiger partial charge in [-0.25, -0.2) is 22.6 Å². The van der Waals surface area contributed by atoms with E-state index < -0.39 is 21.9 Å². The first-order chi connectivity index (χ1) is 19.7. The number of ether oxygens (including phenoxy) is 2. The Balaban J connectivity index is 1.32. The molecule has 5 rings (SSSR count). The zero-order valence-corrected chi connectivity index (χ0v) is 23.3. The van der Waals surface area contributed by atoms with Crippen LogP contribution in [-0.4, -0.2) is 99.0 Å². The third kappa shape index (κ3) is 6.66. The summed E-state index contributed by atoms with van der Waals surface area (Å²) in [4.78, 5) is 24.9. The average molecular weight is 587 g/mol. The van der Waals surface area contributed by atoms with Crippen LogP contribution in [0.15, 0.2) is 53.7 Å². The summed E-state index contributed by atoms with van der Waals surface area (Å²) in [6.45, 7) is 4.72. The second-order valence-electron chi connectivity index (χ2n) is 9.70. The van der Waals surface area contributed by atoms with Crippen LogP contribution < -0.4 is 14.4 Å². The first-order valence-electron chi connectivity index (χ1n) is 13.1. The zero-order valence-electron chi connectivity index (χ0n) is 22.5. The van der Waals surface area contributed by atoms with Crippen LogP contribution in [0.4, 0.5) is 20.6 Å². The second kappa shape index (κ2) is 12.2. The van der Waals surface area contributed by atoms with E-state index in [1.54, 1.807) is 18.3 Å². The lowest BCUT2D eigenvalue weighted by atomic mass is 10.1. The van der Waals surface area contributed by atoms with Crippen molar-refractivity contribution >= 4 is 27.5 Å². The van der Waals surface area contributed by atoms with E-state index in [4.69, 9.17) is 14.6 Å². The second-order valence-corrected chi connectivity index (χ2v) is 11.3. The molecule has 1 aromatic carbocycles. The summed E-state index contributed by atoms with van der Waals surface area (Å²) >= 11 is 0. The lowest BCUT2D eigenvalue weighted by Crippen LogP contribution is -2.47. The molecule has 2 fully saturated rings. The van der Waals surface area contributed by atoms with Gasteiger partial charge in [0, 0.05) is 57.6 Å². The van der Waals surface area contributed by atoms with Gasteiger partial charge in [-0.05, 0) is 35.9 Å². The van der Waals surface area contributed by atoms with Crippen LogP contribution in [0.25, 0.3) is 11.3 Å². The number of benzene rings is 1. The predicted molar refractivity (Wildman–Crippen MR) is 149 cm³/mol. The van der Waals surface area contributed by atoms with Gasteiger partial charge in [0.15, 0.2) is 4.90 Å². The Morgan fingerprint density at radius 2 is 1.83 bits per heavy atom. The molecule has 0 spiro atoms. The number of methoxy groups -OCH3 is 1.